The maximum atomic E-state index is 9.22. The van der Waals surface area contributed by atoms with E-state index in [1.165, 1.54) is 5.56 Å². The van der Waals surface area contributed by atoms with Crippen molar-refractivity contribution in [2.24, 2.45) is 0 Å². The SMILES string of the molecule is CCCCOC(CC)Cn1ccc2nc(OCc3ccc(C)cc3)c(-c3ccc(C#N)cc3)cc21. The number of aromatic nitrogens is 2. The molecule has 0 aliphatic heterocycles. The Balaban J connectivity index is 1.67. The minimum atomic E-state index is 0.160. The summed E-state index contributed by atoms with van der Waals surface area (Å²) in [5, 5.41) is 9.22. The van der Waals surface area contributed by atoms with Crippen molar-refractivity contribution in [1.29, 1.82) is 5.26 Å². The average molecular weight is 468 g/mol. The van der Waals surface area contributed by atoms with Crippen molar-refractivity contribution in [2.75, 3.05) is 6.61 Å². The highest BCUT2D eigenvalue weighted by molar-refractivity contribution is 5.84. The fraction of sp³-hybridized carbons (Fsp3) is 0.333. The fourth-order valence-corrected chi connectivity index (χ4v) is 4.04. The molecule has 1 unspecified atom stereocenters. The van der Waals surface area contributed by atoms with Crippen LogP contribution in [0, 0.1) is 18.3 Å². The zero-order valence-corrected chi connectivity index (χ0v) is 20.8. The van der Waals surface area contributed by atoms with Crippen molar-refractivity contribution >= 4 is 11.0 Å². The standard InChI is InChI=1S/C30H33N3O2/c1-4-6-17-34-26(5-2)20-33-16-15-28-29(33)18-27(25-13-11-23(19-31)12-14-25)30(32-28)35-21-24-9-7-22(3)8-10-24/h7-16,18,26H,4-6,17,20-21H2,1-3H3. The van der Waals surface area contributed by atoms with Gasteiger partial charge in [-0.1, -0.05) is 62.2 Å². The second-order valence-electron chi connectivity index (χ2n) is 8.93. The van der Waals surface area contributed by atoms with Gasteiger partial charge >= 0.3 is 0 Å². The van der Waals surface area contributed by atoms with Crippen molar-refractivity contribution in [3.8, 4) is 23.1 Å². The lowest BCUT2D eigenvalue weighted by atomic mass is 10.0. The summed E-state index contributed by atoms with van der Waals surface area (Å²) in [6.07, 6.45) is 5.40. The molecule has 0 spiro atoms. The summed E-state index contributed by atoms with van der Waals surface area (Å²) in [7, 11) is 0. The van der Waals surface area contributed by atoms with Crippen molar-refractivity contribution in [1.82, 2.24) is 9.55 Å². The number of fused-ring (bicyclic) bond motifs is 1. The first-order valence-electron chi connectivity index (χ1n) is 12.4. The smallest absolute Gasteiger partial charge is 0.222 e. The highest BCUT2D eigenvalue weighted by atomic mass is 16.5. The van der Waals surface area contributed by atoms with Gasteiger partial charge in [0.1, 0.15) is 6.61 Å². The van der Waals surface area contributed by atoms with Gasteiger partial charge in [-0.2, -0.15) is 5.26 Å². The molecule has 0 fully saturated rings. The molecule has 0 radical (unpaired) electrons. The number of unbranched alkanes of at least 4 members (excludes halogenated alkanes) is 1. The number of aryl methyl sites for hydroxylation is 1. The fourth-order valence-electron chi connectivity index (χ4n) is 4.04. The molecule has 35 heavy (non-hydrogen) atoms. The zero-order valence-electron chi connectivity index (χ0n) is 20.8. The summed E-state index contributed by atoms with van der Waals surface area (Å²) in [6, 6.07) is 22.3. The Hall–Kier alpha value is -3.62. The van der Waals surface area contributed by atoms with Gasteiger partial charge in [0.05, 0.1) is 28.8 Å². The van der Waals surface area contributed by atoms with E-state index in [9.17, 15) is 5.26 Å². The van der Waals surface area contributed by atoms with Crippen LogP contribution >= 0.6 is 0 Å². The Labute approximate surface area is 208 Å². The first-order chi connectivity index (χ1) is 17.1. The summed E-state index contributed by atoms with van der Waals surface area (Å²) in [5.41, 5.74) is 6.76. The van der Waals surface area contributed by atoms with Gasteiger partial charge in [-0.05, 0) is 55.2 Å². The number of hydrogen-bond acceptors (Lipinski definition) is 4. The lowest BCUT2D eigenvalue weighted by Crippen LogP contribution is -2.19. The van der Waals surface area contributed by atoms with Crippen LogP contribution in [0.15, 0.2) is 66.9 Å². The van der Waals surface area contributed by atoms with Crippen LogP contribution in [0.3, 0.4) is 0 Å². The quantitative estimate of drug-likeness (QED) is 0.222. The van der Waals surface area contributed by atoms with E-state index in [0.717, 1.165) is 60.1 Å². The van der Waals surface area contributed by atoms with Crippen LogP contribution in [0.25, 0.3) is 22.2 Å². The van der Waals surface area contributed by atoms with Crippen LogP contribution in [0.5, 0.6) is 5.88 Å². The van der Waals surface area contributed by atoms with Gasteiger partial charge in [-0.15, -0.1) is 0 Å². The topological polar surface area (TPSA) is 60.1 Å². The van der Waals surface area contributed by atoms with E-state index < -0.39 is 0 Å². The van der Waals surface area contributed by atoms with Gasteiger partial charge in [0.2, 0.25) is 5.88 Å². The Morgan fingerprint density at radius 2 is 1.80 bits per heavy atom. The monoisotopic (exact) mass is 467 g/mol. The van der Waals surface area contributed by atoms with Crippen LogP contribution in [0.1, 0.15) is 49.8 Å². The summed E-state index contributed by atoms with van der Waals surface area (Å²) in [4.78, 5) is 4.91. The van der Waals surface area contributed by atoms with E-state index in [0.29, 0.717) is 18.1 Å². The third-order valence-corrected chi connectivity index (χ3v) is 6.25. The van der Waals surface area contributed by atoms with Crippen LogP contribution in [0.2, 0.25) is 0 Å². The van der Waals surface area contributed by atoms with Crippen molar-refractivity contribution in [3.63, 3.8) is 0 Å². The minimum Gasteiger partial charge on any atom is -0.472 e. The molecule has 180 valence electrons. The molecule has 0 saturated carbocycles. The maximum absolute atomic E-state index is 9.22. The lowest BCUT2D eigenvalue weighted by molar-refractivity contribution is 0.0381. The zero-order chi connectivity index (χ0) is 24.6. The van der Waals surface area contributed by atoms with Crippen LogP contribution < -0.4 is 4.74 Å². The van der Waals surface area contributed by atoms with E-state index in [2.05, 4.69) is 67.9 Å². The molecule has 4 aromatic rings. The van der Waals surface area contributed by atoms with Gasteiger partial charge < -0.3 is 14.0 Å². The molecule has 0 saturated heterocycles. The molecule has 5 heteroatoms. The highest BCUT2D eigenvalue weighted by Crippen LogP contribution is 2.33. The molecular formula is C30H33N3O2. The Morgan fingerprint density at radius 3 is 2.49 bits per heavy atom. The van der Waals surface area contributed by atoms with Crippen molar-refractivity contribution < 1.29 is 9.47 Å². The van der Waals surface area contributed by atoms with Crippen molar-refractivity contribution in [2.45, 2.75) is 59.3 Å². The molecule has 0 bridgehead atoms. The molecule has 1 atom stereocenters. The second-order valence-corrected chi connectivity index (χ2v) is 8.93. The number of rotatable bonds is 11. The molecule has 5 nitrogen and oxygen atoms in total. The predicted molar refractivity (Wildman–Crippen MR) is 140 cm³/mol. The first kappa shape index (κ1) is 24.5. The van der Waals surface area contributed by atoms with Gasteiger partial charge in [0.15, 0.2) is 0 Å². The molecule has 2 aromatic carbocycles. The summed E-state index contributed by atoms with van der Waals surface area (Å²) < 4.78 is 14.6. The molecule has 0 amide bonds. The second kappa shape index (κ2) is 11.7. The van der Waals surface area contributed by atoms with E-state index in [4.69, 9.17) is 14.5 Å². The largest absolute Gasteiger partial charge is 0.472 e. The predicted octanol–water partition coefficient (Wildman–Crippen LogP) is 7.06. The number of nitrogens with zero attached hydrogens (tertiary/aromatic N) is 3. The van der Waals surface area contributed by atoms with Gasteiger partial charge in [0, 0.05) is 24.9 Å². The molecule has 4 rings (SSSR count). The maximum Gasteiger partial charge on any atom is 0.222 e. The summed E-state index contributed by atoms with van der Waals surface area (Å²) in [5.74, 6) is 0.590. The number of pyridine rings is 1. The number of hydrogen-bond donors (Lipinski definition) is 0. The molecule has 0 N–H and O–H groups in total. The molecule has 0 aliphatic rings. The summed E-state index contributed by atoms with van der Waals surface area (Å²) >= 11 is 0. The number of ether oxygens (including phenoxy) is 2. The first-order valence-corrected chi connectivity index (χ1v) is 12.4. The van der Waals surface area contributed by atoms with E-state index in [1.54, 1.807) is 0 Å². The Kier molecular flexibility index (Phi) is 8.18. The van der Waals surface area contributed by atoms with Gasteiger partial charge in [-0.3, -0.25) is 0 Å². The molecule has 2 heterocycles. The van der Waals surface area contributed by atoms with Crippen LogP contribution in [-0.4, -0.2) is 22.3 Å². The third-order valence-electron chi connectivity index (χ3n) is 6.25. The Bertz CT molecular complexity index is 1280. The number of nitriles is 1. The van der Waals surface area contributed by atoms with E-state index in [-0.39, 0.29) is 6.10 Å². The molecule has 2 aromatic heterocycles. The van der Waals surface area contributed by atoms with Crippen LogP contribution in [-0.2, 0) is 17.9 Å². The molecule has 0 aliphatic carbocycles. The van der Waals surface area contributed by atoms with Crippen molar-refractivity contribution in [3.05, 3.63) is 83.6 Å². The van der Waals surface area contributed by atoms with Gasteiger partial charge in [-0.25, -0.2) is 4.98 Å². The number of benzene rings is 2. The average Bonchev–Trinajstić information content (AvgIpc) is 3.28. The normalized spacial score (nSPS) is 11.9. The Morgan fingerprint density at radius 1 is 1.03 bits per heavy atom. The molecular weight excluding hydrogens is 434 g/mol. The van der Waals surface area contributed by atoms with Gasteiger partial charge in [0.25, 0.3) is 0 Å². The lowest BCUT2D eigenvalue weighted by Gasteiger charge is -2.18. The highest BCUT2D eigenvalue weighted by Gasteiger charge is 2.16. The van der Waals surface area contributed by atoms with E-state index in [1.807, 2.05) is 30.3 Å². The third kappa shape index (κ3) is 6.09. The summed E-state index contributed by atoms with van der Waals surface area (Å²) in [6.45, 7) is 8.43. The van der Waals surface area contributed by atoms with Crippen LogP contribution in [0.4, 0.5) is 0 Å². The minimum absolute atomic E-state index is 0.160. The van der Waals surface area contributed by atoms with E-state index >= 15 is 0 Å².